The number of aliphatic hydroxyl groups is 1. The molecule has 1 unspecified atom stereocenters. The van der Waals surface area contributed by atoms with Gasteiger partial charge < -0.3 is 5.11 Å². The highest BCUT2D eigenvalue weighted by Crippen LogP contribution is 1.96. The predicted molar refractivity (Wildman–Crippen MR) is 18.7 cm³/mol. The van der Waals surface area contributed by atoms with Crippen molar-refractivity contribution >= 4 is 0 Å². The third-order valence-electron chi connectivity index (χ3n) is 0.664. The van der Waals surface area contributed by atoms with Gasteiger partial charge in [0.25, 0.3) is 0 Å². The Labute approximate surface area is 35.9 Å². The summed E-state index contributed by atoms with van der Waals surface area (Å²) in [6.07, 6.45) is 0.102. The summed E-state index contributed by atoms with van der Waals surface area (Å²) in [6.45, 7) is 0.571. The van der Waals surface area contributed by atoms with Crippen LogP contribution in [0.15, 0.2) is 0 Å². The van der Waals surface area contributed by atoms with Crippen molar-refractivity contribution in [1.82, 2.24) is 5.48 Å². The summed E-state index contributed by atoms with van der Waals surface area (Å²) < 4.78 is 0. The van der Waals surface area contributed by atoms with Gasteiger partial charge in [-0.3, -0.25) is 4.84 Å². The summed E-state index contributed by atoms with van der Waals surface area (Å²) in [4.78, 5) is 4.43. The van der Waals surface area contributed by atoms with Crippen LogP contribution in [-0.4, -0.2) is 17.9 Å². The zero-order valence-corrected chi connectivity index (χ0v) is 3.29. The fourth-order valence-electron chi connectivity index (χ4n) is 0.350. The van der Waals surface area contributed by atoms with Gasteiger partial charge in [0.15, 0.2) is 6.23 Å². The highest BCUT2D eigenvalue weighted by atomic mass is 16.7. The third kappa shape index (κ3) is 0.680. The van der Waals surface area contributed by atoms with E-state index in [0.29, 0.717) is 13.0 Å². The normalized spacial score (nSPS) is 34.5. The first-order valence-corrected chi connectivity index (χ1v) is 1.90. The van der Waals surface area contributed by atoms with E-state index in [-0.39, 0.29) is 0 Å². The number of hydrogen-bond donors (Lipinski definition) is 1. The van der Waals surface area contributed by atoms with Gasteiger partial charge in [-0.2, -0.15) is 0 Å². The fourth-order valence-corrected chi connectivity index (χ4v) is 0.350. The Balaban J connectivity index is 2.18. The number of nitrogens with zero attached hydrogens (tertiary/aromatic N) is 1. The molecule has 3 heteroatoms. The van der Waals surface area contributed by atoms with Crippen molar-refractivity contribution in [3.63, 3.8) is 0 Å². The Hall–Kier alpha value is -0.120. The van der Waals surface area contributed by atoms with Crippen molar-refractivity contribution in [3.05, 3.63) is 0 Å². The zero-order chi connectivity index (χ0) is 4.41. The van der Waals surface area contributed by atoms with Gasteiger partial charge >= 0.3 is 0 Å². The van der Waals surface area contributed by atoms with Crippen molar-refractivity contribution in [2.75, 3.05) is 6.61 Å². The first kappa shape index (κ1) is 4.05. The first-order chi connectivity index (χ1) is 2.89. The lowest BCUT2D eigenvalue weighted by molar-refractivity contribution is 0.0166. The molecule has 0 aliphatic carbocycles. The van der Waals surface area contributed by atoms with E-state index in [1.54, 1.807) is 0 Å². The molecule has 0 aromatic carbocycles. The molecule has 6 heavy (non-hydrogen) atoms. The summed E-state index contributed by atoms with van der Waals surface area (Å²) in [5, 5.41) is 8.44. The van der Waals surface area contributed by atoms with Crippen molar-refractivity contribution in [1.29, 1.82) is 0 Å². The topological polar surface area (TPSA) is 43.6 Å². The summed E-state index contributed by atoms with van der Waals surface area (Å²) in [5.74, 6) is 0. The largest absolute Gasteiger partial charge is 0.374 e. The molecule has 0 aromatic rings. The molecule has 0 aromatic heterocycles. The molecule has 0 saturated carbocycles. The summed E-state index contributed by atoms with van der Waals surface area (Å²) in [7, 11) is 0. The van der Waals surface area contributed by atoms with Crippen molar-refractivity contribution in [2.45, 2.75) is 12.6 Å². The Morgan fingerprint density at radius 3 is 2.83 bits per heavy atom. The Morgan fingerprint density at radius 1 is 1.83 bits per heavy atom. The molecule has 0 spiro atoms. The van der Waals surface area contributed by atoms with Gasteiger partial charge in [-0.25, -0.2) is 0 Å². The molecule has 1 N–H and O–H groups in total. The lowest BCUT2D eigenvalue weighted by Crippen LogP contribution is -2.10. The monoisotopic (exact) mass is 88.0 g/mol. The maximum Gasteiger partial charge on any atom is 0.150 e. The van der Waals surface area contributed by atoms with Crippen LogP contribution in [0.1, 0.15) is 6.42 Å². The summed E-state index contributed by atoms with van der Waals surface area (Å²) in [6, 6.07) is 0. The molecule has 0 amide bonds. The maximum absolute atomic E-state index is 8.44. The first-order valence-electron chi connectivity index (χ1n) is 1.90. The average Bonchev–Trinajstić information content (AvgIpc) is 1.86. The van der Waals surface area contributed by atoms with E-state index in [1.807, 2.05) is 0 Å². The van der Waals surface area contributed by atoms with Gasteiger partial charge in [0.1, 0.15) is 0 Å². The van der Waals surface area contributed by atoms with Crippen LogP contribution in [0.5, 0.6) is 0 Å². The van der Waals surface area contributed by atoms with Crippen LogP contribution in [0.2, 0.25) is 0 Å². The van der Waals surface area contributed by atoms with E-state index in [1.165, 1.54) is 0 Å². The minimum Gasteiger partial charge on any atom is -0.374 e. The highest BCUT2D eigenvalue weighted by molar-refractivity contribution is 4.48. The molecular formula is C3H6NO2. The molecule has 1 heterocycles. The maximum atomic E-state index is 8.44. The van der Waals surface area contributed by atoms with Crippen molar-refractivity contribution in [3.8, 4) is 0 Å². The molecule has 3 nitrogen and oxygen atoms in total. The van der Waals surface area contributed by atoms with Crippen LogP contribution in [0.4, 0.5) is 0 Å². The molecular weight excluding hydrogens is 82.0 g/mol. The van der Waals surface area contributed by atoms with Crippen molar-refractivity contribution < 1.29 is 9.94 Å². The molecule has 1 aliphatic rings. The van der Waals surface area contributed by atoms with Crippen LogP contribution in [0, 0.1) is 0 Å². The second-order valence-electron chi connectivity index (χ2n) is 1.21. The van der Waals surface area contributed by atoms with E-state index in [2.05, 4.69) is 10.3 Å². The molecule has 35 valence electrons. The molecule has 0 bridgehead atoms. The second kappa shape index (κ2) is 1.55. The van der Waals surface area contributed by atoms with Crippen LogP contribution in [-0.2, 0) is 4.84 Å². The number of aliphatic hydroxyl groups excluding tert-OH is 1. The number of hydrogen-bond acceptors (Lipinski definition) is 2. The van der Waals surface area contributed by atoms with E-state index in [9.17, 15) is 0 Å². The summed E-state index contributed by atoms with van der Waals surface area (Å²) >= 11 is 0. The smallest absolute Gasteiger partial charge is 0.150 e. The van der Waals surface area contributed by atoms with Crippen molar-refractivity contribution in [2.24, 2.45) is 0 Å². The van der Waals surface area contributed by atoms with Gasteiger partial charge in [0.2, 0.25) is 0 Å². The van der Waals surface area contributed by atoms with Crippen LogP contribution < -0.4 is 5.48 Å². The average molecular weight is 88.1 g/mol. The van der Waals surface area contributed by atoms with E-state index in [0.717, 1.165) is 0 Å². The molecule has 1 radical (unpaired) electrons. The van der Waals surface area contributed by atoms with Gasteiger partial charge in [-0.15, -0.1) is 0 Å². The van der Waals surface area contributed by atoms with E-state index >= 15 is 0 Å². The van der Waals surface area contributed by atoms with Gasteiger partial charge in [-0.05, 0) is 0 Å². The summed E-state index contributed by atoms with van der Waals surface area (Å²) in [5.41, 5.74) is 3.29. The van der Waals surface area contributed by atoms with E-state index < -0.39 is 6.23 Å². The number of hydroxylamine groups is 1. The third-order valence-corrected chi connectivity index (χ3v) is 0.664. The second-order valence-corrected chi connectivity index (χ2v) is 1.21. The molecule has 1 rings (SSSR count). The lowest BCUT2D eigenvalue weighted by atomic mass is 10.4. The zero-order valence-electron chi connectivity index (χ0n) is 3.29. The SMILES string of the molecule is OC1CCO[N]1. The van der Waals surface area contributed by atoms with Crippen LogP contribution in [0.3, 0.4) is 0 Å². The van der Waals surface area contributed by atoms with Crippen LogP contribution in [0.25, 0.3) is 0 Å². The molecule has 1 saturated heterocycles. The minimum atomic E-state index is -0.551. The Bertz CT molecular complexity index is 42.1. The van der Waals surface area contributed by atoms with Gasteiger partial charge in [0, 0.05) is 6.42 Å². The number of rotatable bonds is 0. The quantitative estimate of drug-likeness (QED) is 0.423. The Kier molecular flexibility index (Phi) is 1.05. The molecule has 1 atom stereocenters. The Morgan fingerprint density at radius 2 is 2.67 bits per heavy atom. The standard InChI is InChI=1S/C3H6NO2/c5-3-1-2-6-4-3/h3,5H,1-2H2. The van der Waals surface area contributed by atoms with Gasteiger partial charge in [-0.1, -0.05) is 5.48 Å². The molecule has 1 aliphatic heterocycles. The van der Waals surface area contributed by atoms with E-state index in [4.69, 9.17) is 5.11 Å². The van der Waals surface area contributed by atoms with Crippen LogP contribution >= 0.6 is 0 Å². The fraction of sp³-hybridized carbons (Fsp3) is 1.00. The lowest BCUT2D eigenvalue weighted by Gasteiger charge is -1.88. The molecule has 1 fully saturated rings. The predicted octanol–water partition coefficient (Wildman–Crippen LogP) is -0.756. The van der Waals surface area contributed by atoms with Gasteiger partial charge in [0.05, 0.1) is 6.61 Å². The highest BCUT2D eigenvalue weighted by Gasteiger charge is 2.11. The minimum absolute atomic E-state index is 0.551.